The second-order valence-corrected chi connectivity index (χ2v) is 4.89. The molecule has 1 fully saturated rings. The van der Waals surface area contributed by atoms with E-state index in [9.17, 15) is 4.79 Å². The number of methoxy groups -OCH3 is 1. The number of nitrogens with zero attached hydrogens (tertiary/aromatic N) is 1. The summed E-state index contributed by atoms with van der Waals surface area (Å²) < 4.78 is 10.4. The third-order valence-electron chi connectivity index (χ3n) is 3.34. The highest BCUT2D eigenvalue weighted by Crippen LogP contribution is 2.22. The van der Waals surface area contributed by atoms with Gasteiger partial charge in [-0.05, 0) is 12.5 Å². The van der Waals surface area contributed by atoms with E-state index in [0.29, 0.717) is 32.9 Å². The van der Waals surface area contributed by atoms with Gasteiger partial charge in [0.15, 0.2) is 0 Å². The van der Waals surface area contributed by atoms with Crippen molar-refractivity contribution in [2.24, 2.45) is 0 Å². The van der Waals surface area contributed by atoms with Crippen molar-refractivity contribution in [3.05, 3.63) is 35.4 Å². The Labute approximate surface area is 119 Å². The minimum absolute atomic E-state index is 0.0478. The predicted octanol–water partition coefficient (Wildman–Crippen LogP) is 1.09. The molecular formula is C15H22N2O3. The second-order valence-electron chi connectivity index (χ2n) is 4.89. The number of hydrogen-bond donors (Lipinski definition) is 1. The highest BCUT2D eigenvalue weighted by Gasteiger charge is 2.31. The highest BCUT2D eigenvalue weighted by molar-refractivity contribution is 5.80. The van der Waals surface area contributed by atoms with Crippen molar-refractivity contribution in [2.75, 3.05) is 40.0 Å². The summed E-state index contributed by atoms with van der Waals surface area (Å²) in [5.41, 5.74) is 2.31. The van der Waals surface area contributed by atoms with Crippen LogP contribution in [0.4, 0.5) is 0 Å². The minimum atomic E-state index is -0.0478. The quantitative estimate of drug-likeness (QED) is 0.759. The maximum Gasteiger partial charge on any atom is 0.238 e. The van der Waals surface area contributed by atoms with Crippen molar-refractivity contribution in [1.29, 1.82) is 0 Å². The maximum absolute atomic E-state index is 11.9. The molecule has 1 aromatic rings. The normalized spacial score (nSPS) is 18.8. The molecule has 1 N–H and O–H groups in total. The molecule has 1 aromatic carbocycles. The Balaban J connectivity index is 1.93. The van der Waals surface area contributed by atoms with Gasteiger partial charge in [0.25, 0.3) is 0 Å². The van der Waals surface area contributed by atoms with Crippen molar-refractivity contribution in [3.63, 3.8) is 0 Å². The van der Waals surface area contributed by atoms with Crippen LogP contribution in [0.2, 0.25) is 0 Å². The van der Waals surface area contributed by atoms with E-state index in [1.807, 2.05) is 17.0 Å². The Kier molecular flexibility index (Phi) is 5.52. The Morgan fingerprint density at radius 1 is 1.35 bits per heavy atom. The van der Waals surface area contributed by atoms with E-state index >= 15 is 0 Å². The molecular weight excluding hydrogens is 256 g/mol. The first-order valence-corrected chi connectivity index (χ1v) is 6.88. The Morgan fingerprint density at radius 2 is 2.20 bits per heavy atom. The molecule has 20 heavy (non-hydrogen) atoms. The first kappa shape index (κ1) is 15.0. The van der Waals surface area contributed by atoms with Crippen molar-refractivity contribution >= 4 is 5.91 Å². The summed E-state index contributed by atoms with van der Waals surface area (Å²) in [4.78, 5) is 13.8. The van der Waals surface area contributed by atoms with Crippen LogP contribution >= 0.6 is 0 Å². The average Bonchev–Trinajstić information content (AvgIpc) is 2.80. The van der Waals surface area contributed by atoms with Crippen LogP contribution in [-0.2, 0) is 14.3 Å². The summed E-state index contributed by atoms with van der Waals surface area (Å²) in [6.07, 6.45) is -0.0478. The summed E-state index contributed by atoms with van der Waals surface area (Å²) in [5.74, 6) is 0.117. The Bertz CT molecular complexity index is 450. The number of nitrogens with one attached hydrogen (secondary N) is 1. The molecule has 5 heteroatoms. The van der Waals surface area contributed by atoms with Crippen molar-refractivity contribution < 1.29 is 14.3 Å². The molecule has 5 nitrogen and oxygen atoms in total. The van der Waals surface area contributed by atoms with Crippen LogP contribution in [0.25, 0.3) is 0 Å². The molecule has 0 saturated carbocycles. The maximum atomic E-state index is 11.9. The summed E-state index contributed by atoms with van der Waals surface area (Å²) in [7, 11) is 1.64. The zero-order valence-corrected chi connectivity index (χ0v) is 12.1. The van der Waals surface area contributed by atoms with Crippen LogP contribution in [0.3, 0.4) is 0 Å². The molecule has 1 aliphatic heterocycles. The minimum Gasteiger partial charge on any atom is -0.382 e. The number of aryl methyl sites for hydroxylation is 1. The van der Waals surface area contributed by atoms with Gasteiger partial charge in [-0.15, -0.1) is 0 Å². The molecule has 1 heterocycles. The fraction of sp³-hybridized carbons (Fsp3) is 0.533. The van der Waals surface area contributed by atoms with E-state index in [2.05, 4.69) is 24.4 Å². The third-order valence-corrected chi connectivity index (χ3v) is 3.34. The van der Waals surface area contributed by atoms with Gasteiger partial charge >= 0.3 is 0 Å². The summed E-state index contributed by atoms with van der Waals surface area (Å²) >= 11 is 0. The van der Waals surface area contributed by atoms with Crippen LogP contribution in [-0.4, -0.2) is 50.8 Å². The van der Waals surface area contributed by atoms with E-state index in [1.165, 1.54) is 5.56 Å². The van der Waals surface area contributed by atoms with Gasteiger partial charge in [-0.2, -0.15) is 0 Å². The van der Waals surface area contributed by atoms with Crippen LogP contribution in [0, 0.1) is 6.92 Å². The number of ether oxygens (including phenoxy) is 2. The lowest BCUT2D eigenvalue weighted by Crippen LogP contribution is -2.33. The molecule has 1 atom stereocenters. The van der Waals surface area contributed by atoms with Gasteiger partial charge in [0.2, 0.25) is 5.91 Å². The monoisotopic (exact) mass is 278 g/mol. The van der Waals surface area contributed by atoms with Gasteiger partial charge in [0.05, 0.1) is 26.4 Å². The number of hydrogen-bond acceptors (Lipinski definition) is 4. The molecule has 2 rings (SSSR count). The third kappa shape index (κ3) is 3.79. The lowest BCUT2D eigenvalue weighted by Gasteiger charge is -2.24. The van der Waals surface area contributed by atoms with E-state index in [-0.39, 0.29) is 12.1 Å². The van der Waals surface area contributed by atoms with Crippen LogP contribution in [0.5, 0.6) is 0 Å². The van der Waals surface area contributed by atoms with Crippen LogP contribution in [0.1, 0.15) is 17.3 Å². The molecule has 0 spiro atoms. The van der Waals surface area contributed by atoms with E-state index in [1.54, 1.807) is 7.11 Å². The standard InChI is InChI=1S/C15H22N2O3/c1-12-4-3-5-13(10-12)15-16-11-14(18)17(15)6-7-20-9-8-19-2/h3-5,10,15-16H,6-9,11H2,1-2H3. The summed E-state index contributed by atoms with van der Waals surface area (Å²) in [5, 5.41) is 3.25. The molecule has 0 aliphatic carbocycles. The van der Waals surface area contributed by atoms with Gasteiger partial charge in [0.1, 0.15) is 6.17 Å². The molecule has 1 aliphatic rings. The summed E-state index contributed by atoms with van der Waals surface area (Å²) in [6.45, 7) is 4.69. The zero-order valence-electron chi connectivity index (χ0n) is 12.1. The first-order chi connectivity index (χ1) is 9.72. The van der Waals surface area contributed by atoms with Crippen LogP contribution in [0.15, 0.2) is 24.3 Å². The predicted molar refractivity (Wildman–Crippen MR) is 76.3 cm³/mol. The van der Waals surface area contributed by atoms with Crippen molar-refractivity contribution in [1.82, 2.24) is 10.2 Å². The van der Waals surface area contributed by atoms with E-state index in [0.717, 1.165) is 5.56 Å². The second kappa shape index (κ2) is 7.38. The fourth-order valence-electron chi connectivity index (χ4n) is 2.34. The van der Waals surface area contributed by atoms with Gasteiger partial charge in [-0.1, -0.05) is 29.8 Å². The zero-order chi connectivity index (χ0) is 14.4. The van der Waals surface area contributed by atoms with Crippen molar-refractivity contribution in [3.8, 4) is 0 Å². The number of rotatable bonds is 7. The molecule has 0 aromatic heterocycles. The number of carbonyl (C=O) groups excluding carboxylic acids is 1. The largest absolute Gasteiger partial charge is 0.382 e. The van der Waals surface area contributed by atoms with Crippen molar-refractivity contribution in [2.45, 2.75) is 13.1 Å². The van der Waals surface area contributed by atoms with Gasteiger partial charge < -0.3 is 14.4 Å². The molecule has 0 bridgehead atoms. The van der Waals surface area contributed by atoms with Gasteiger partial charge in [-0.25, -0.2) is 0 Å². The first-order valence-electron chi connectivity index (χ1n) is 6.88. The fourth-order valence-corrected chi connectivity index (χ4v) is 2.34. The lowest BCUT2D eigenvalue weighted by molar-refractivity contribution is -0.128. The Hall–Kier alpha value is -1.43. The molecule has 1 saturated heterocycles. The van der Waals surface area contributed by atoms with E-state index < -0.39 is 0 Å². The molecule has 0 radical (unpaired) electrons. The Morgan fingerprint density at radius 3 is 2.95 bits per heavy atom. The highest BCUT2D eigenvalue weighted by atomic mass is 16.5. The van der Waals surface area contributed by atoms with E-state index in [4.69, 9.17) is 9.47 Å². The number of benzene rings is 1. The van der Waals surface area contributed by atoms with Gasteiger partial charge in [0, 0.05) is 13.7 Å². The number of carbonyl (C=O) groups is 1. The average molecular weight is 278 g/mol. The van der Waals surface area contributed by atoms with Crippen LogP contribution < -0.4 is 5.32 Å². The topological polar surface area (TPSA) is 50.8 Å². The SMILES string of the molecule is COCCOCCN1C(=O)CNC1c1cccc(C)c1. The number of amides is 1. The molecule has 1 amide bonds. The van der Waals surface area contributed by atoms with Gasteiger partial charge in [-0.3, -0.25) is 10.1 Å². The lowest BCUT2D eigenvalue weighted by atomic mass is 10.1. The molecule has 110 valence electrons. The smallest absolute Gasteiger partial charge is 0.238 e. The molecule has 1 unspecified atom stereocenters. The summed E-state index contributed by atoms with van der Waals surface area (Å²) in [6, 6.07) is 8.22.